The maximum atomic E-state index is 11.9. The summed E-state index contributed by atoms with van der Waals surface area (Å²) in [4.78, 5) is 33.5. The van der Waals surface area contributed by atoms with Crippen LogP contribution in [0.15, 0.2) is 12.1 Å². The molecule has 0 radical (unpaired) electrons. The first-order valence-electron chi connectivity index (χ1n) is 6.82. The third kappa shape index (κ3) is 4.01. The number of carboxylic acid groups (broad SMARTS) is 1. The molecule has 0 saturated carbocycles. The number of amides is 1. The maximum Gasteiger partial charge on any atom is 0.324 e. The predicted molar refractivity (Wildman–Crippen MR) is 78.0 cm³/mol. The van der Waals surface area contributed by atoms with E-state index in [-0.39, 0.29) is 22.3 Å². The lowest BCUT2D eigenvalue weighted by molar-refractivity contribution is -0.380. The third-order valence-electron chi connectivity index (χ3n) is 3.63. The highest BCUT2D eigenvalue weighted by atomic mass is 32.1. The lowest BCUT2D eigenvalue weighted by Gasteiger charge is -2.27. The van der Waals surface area contributed by atoms with Crippen LogP contribution in [-0.4, -0.2) is 41.7 Å². The van der Waals surface area contributed by atoms with Crippen LogP contribution in [-0.2, 0) is 9.53 Å². The van der Waals surface area contributed by atoms with Gasteiger partial charge in [0, 0.05) is 25.8 Å². The smallest absolute Gasteiger partial charge is 0.324 e. The van der Waals surface area contributed by atoms with E-state index in [1.54, 1.807) is 0 Å². The number of thiophene rings is 1. The highest BCUT2D eigenvalue weighted by Crippen LogP contribution is 2.25. The first kappa shape index (κ1) is 16.4. The fourth-order valence-corrected chi connectivity index (χ4v) is 3.15. The first-order chi connectivity index (χ1) is 10.5. The molecule has 9 heteroatoms. The van der Waals surface area contributed by atoms with Gasteiger partial charge in [-0.05, 0) is 24.8 Å². The average Bonchev–Trinajstić information content (AvgIpc) is 2.98. The molecule has 1 atom stereocenters. The standard InChI is InChI=1S/C13H16N2O6S/c16-12(10-1-2-11(22-10)15(19)20)14-7-9(13(17)18)8-3-5-21-6-4-8/h1-2,8-9H,3-7H2,(H,14,16)(H,17,18). The summed E-state index contributed by atoms with van der Waals surface area (Å²) in [5.74, 6) is -2.16. The molecule has 0 aliphatic carbocycles. The second kappa shape index (κ2) is 7.32. The highest BCUT2D eigenvalue weighted by molar-refractivity contribution is 7.17. The van der Waals surface area contributed by atoms with Crippen LogP contribution in [0.2, 0.25) is 0 Å². The van der Waals surface area contributed by atoms with E-state index in [0.29, 0.717) is 26.1 Å². The summed E-state index contributed by atoms with van der Waals surface area (Å²) in [7, 11) is 0. The Labute approximate surface area is 130 Å². The monoisotopic (exact) mass is 328 g/mol. The van der Waals surface area contributed by atoms with Gasteiger partial charge in [0.2, 0.25) is 0 Å². The number of hydrogen-bond acceptors (Lipinski definition) is 6. The number of carbonyl (C=O) groups is 2. The summed E-state index contributed by atoms with van der Waals surface area (Å²) < 4.78 is 5.21. The van der Waals surface area contributed by atoms with Gasteiger partial charge in [-0.3, -0.25) is 19.7 Å². The van der Waals surface area contributed by atoms with Crippen molar-refractivity contribution in [2.24, 2.45) is 11.8 Å². The van der Waals surface area contributed by atoms with Crippen molar-refractivity contribution >= 4 is 28.2 Å². The molecule has 2 heterocycles. The lowest BCUT2D eigenvalue weighted by atomic mass is 9.86. The van der Waals surface area contributed by atoms with Crippen LogP contribution in [0.3, 0.4) is 0 Å². The molecule has 8 nitrogen and oxygen atoms in total. The van der Waals surface area contributed by atoms with Crippen LogP contribution in [0.4, 0.5) is 5.00 Å². The number of rotatable bonds is 6. The molecule has 0 bridgehead atoms. The Kier molecular flexibility index (Phi) is 5.45. The largest absolute Gasteiger partial charge is 0.481 e. The summed E-state index contributed by atoms with van der Waals surface area (Å²) in [5.41, 5.74) is 0. The molecule has 2 N–H and O–H groups in total. The fourth-order valence-electron chi connectivity index (χ4n) is 2.41. The SMILES string of the molecule is O=C(NCC(C(=O)O)C1CCOCC1)c1ccc([N+](=O)[O-])s1. The third-order valence-corrected chi connectivity index (χ3v) is 4.67. The van der Waals surface area contributed by atoms with Crippen LogP contribution < -0.4 is 5.32 Å². The Morgan fingerprint density at radius 1 is 1.45 bits per heavy atom. The van der Waals surface area contributed by atoms with Crippen molar-refractivity contribution in [3.63, 3.8) is 0 Å². The van der Waals surface area contributed by atoms with Crippen LogP contribution in [0.5, 0.6) is 0 Å². The Morgan fingerprint density at radius 2 is 2.14 bits per heavy atom. The van der Waals surface area contributed by atoms with Crippen molar-refractivity contribution in [3.05, 3.63) is 27.1 Å². The van der Waals surface area contributed by atoms with E-state index in [4.69, 9.17) is 4.74 Å². The van der Waals surface area contributed by atoms with Crippen molar-refractivity contribution in [2.45, 2.75) is 12.8 Å². The van der Waals surface area contributed by atoms with Crippen LogP contribution in [0.1, 0.15) is 22.5 Å². The minimum atomic E-state index is -0.954. The van der Waals surface area contributed by atoms with Gasteiger partial charge in [0.15, 0.2) is 0 Å². The van der Waals surface area contributed by atoms with Crippen molar-refractivity contribution in [1.82, 2.24) is 5.32 Å². The van der Waals surface area contributed by atoms with E-state index in [9.17, 15) is 24.8 Å². The first-order valence-corrected chi connectivity index (χ1v) is 7.63. The van der Waals surface area contributed by atoms with Gasteiger partial charge in [0.25, 0.3) is 5.91 Å². The van der Waals surface area contributed by atoms with Gasteiger partial charge < -0.3 is 15.2 Å². The number of nitrogens with zero attached hydrogens (tertiary/aromatic N) is 1. The molecule has 0 spiro atoms. The fraction of sp³-hybridized carbons (Fsp3) is 0.538. The van der Waals surface area contributed by atoms with Crippen molar-refractivity contribution < 1.29 is 24.4 Å². The van der Waals surface area contributed by atoms with Crippen LogP contribution >= 0.6 is 11.3 Å². The number of aliphatic carboxylic acids is 1. The summed E-state index contributed by atoms with van der Waals surface area (Å²) in [5, 5.41) is 22.3. The summed E-state index contributed by atoms with van der Waals surface area (Å²) >= 11 is 0.766. The molecular formula is C13H16N2O6S. The summed E-state index contributed by atoms with van der Waals surface area (Å²) in [6, 6.07) is 2.62. The molecule has 1 fully saturated rings. The Bertz CT molecular complexity index is 567. The summed E-state index contributed by atoms with van der Waals surface area (Å²) in [6.07, 6.45) is 1.30. The molecule has 1 saturated heterocycles. The maximum absolute atomic E-state index is 11.9. The molecule has 1 aromatic heterocycles. The molecule has 1 aliphatic heterocycles. The molecule has 1 amide bonds. The van der Waals surface area contributed by atoms with Gasteiger partial charge >= 0.3 is 11.0 Å². The number of ether oxygens (including phenoxy) is 1. The van der Waals surface area contributed by atoms with Gasteiger partial charge in [-0.15, -0.1) is 0 Å². The van der Waals surface area contributed by atoms with E-state index in [2.05, 4.69) is 5.32 Å². The zero-order valence-electron chi connectivity index (χ0n) is 11.7. The Balaban J connectivity index is 1.94. The van der Waals surface area contributed by atoms with Gasteiger partial charge in [0.05, 0.1) is 15.7 Å². The second-order valence-electron chi connectivity index (χ2n) is 5.00. The zero-order valence-corrected chi connectivity index (χ0v) is 12.5. The van der Waals surface area contributed by atoms with Gasteiger partial charge in [-0.25, -0.2) is 0 Å². The lowest BCUT2D eigenvalue weighted by Crippen LogP contribution is -2.38. The average molecular weight is 328 g/mol. The molecule has 120 valence electrons. The molecule has 22 heavy (non-hydrogen) atoms. The molecule has 2 rings (SSSR count). The minimum Gasteiger partial charge on any atom is -0.481 e. The van der Waals surface area contributed by atoms with E-state index in [1.165, 1.54) is 12.1 Å². The van der Waals surface area contributed by atoms with Crippen molar-refractivity contribution in [2.75, 3.05) is 19.8 Å². The molecule has 1 aliphatic rings. The number of nitro groups is 1. The Hall–Kier alpha value is -2.00. The van der Waals surface area contributed by atoms with E-state index in [0.717, 1.165) is 11.3 Å². The second-order valence-corrected chi connectivity index (χ2v) is 6.06. The topological polar surface area (TPSA) is 119 Å². The zero-order chi connectivity index (χ0) is 16.1. The summed E-state index contributed by atoms with van der Waals surface area (Å²) in [6.45, 7) is 1.06. The van der Waals surface area contributed by atoms with Gasteiger partial charge in [0.1, 0.15) is 0 Å². The van der Waals surface area contributed by atoms with Crippen LogP contribution in [0, 0.1) is 22.0 Å². The highest BCUT2D eigenvalue weighted by Gasteiger charge is 2.30. The van der Waals surface area contributed by atoms with Gasteiger partial charge in [-0.1, -0.05) is 11.3 Å². The predicted octanol–water partition coefficient (Wildman–Crippen LogP) is 1.51. The van der Waals surface area contributed by atoms with E-state index >= 15 is 0 Å². The Morgan fingerprint density at radius 3 is 2.68 bits per heavy atom. The normalized spacial score (nSPS) is 16.9. The van der Waals surface area contributed by atoms with Crippen molar-refractivity contribution in [1.29, 1.82) is 0 Å². The number of nitrogens with one attached hydrogen (secondary N) is 1. The molecule has 1 aromatic rings. The minimum absolute atomic E-state index is 0.00449. The number of hydrogen-bond donors (Lipinski definition) is 2. The molecule has 0 aromatic carbocycles. The van der Waals surface area contributed by atoms with E-state index < -0.39 is 22.7 Å². The van der Waals surface area contributed by atoms with Crippen molar-refractivity contribution in [3.8, 4) is 0 Å². The van der Waals surface area contributed by atoms with Gasteiger partial charge in [-0.2, -0.15) is 0 Å². The van der Waals surface area contributed by atoms with E-state index in [1.807, 2.05) is 0 Å². The quantitative estimate of drug-likeness (QED) is 0.603. The molecule has 1 unspecified atom stereocenters. The number of carbonyl (C=O) groups excluding carboxylic acids is 1. The number of carboxylic acids is 1. The molecular weight excluding hydrogens is 312 g/mol. The van der Waals surface area contributed by atoms with Crippen LogP contribution in [0.25, 0.3) is 0 Å².